The second kappa shape index (κ2) is 4.35. The van der Waals surface area contributed by atoms with Gasteiger partial charge in [-0.2, -0.15) is 5.10 Å². The maximum Gasteiger partial charge on any atom is 0.159 e. The number of aromatic nitrogens is 3. The predicted octanol–water partition coefficient (Wildman–Crippen LogP) is 2.13. The summed E-state index contributed by atoms with van der Waals surface area (Å²) in [4.78, 5) is 12.8. The number of ketones is 1. The van der Waals surface area contributed by atoms with Crippen LogP contribution in [-0.2, 0) is 6.42 Å². The van der Waals surface area contributed by atoms with Crippen LogP contribution < -0.4 is 0 Å². The fraction of sp³-hybridized carbons (Fsp3) is 0.214. The van der Waals surface area contributed by atoms with Crippen LogP contribution in [0.25, 0.3) is 11.8 Å². The zero-order valence-corrected chi connectivity index (χ0v) is 10.5. The van der Waals surface area contributed by atoms with Gasteiger partial charge in [-0.05, 0) is 44.0 Å². The Morgan fingerprint density at radius 3 is 2.95 bits per heavy atom. The average molecular weight is 255 g/mol. The normalized spacial score (nSPS) is 13.3. The molecule has 0 aliphatic heterocycles. The van der Waals surface area contributed by atoms with E-state index < -0.39 is 0 Å². The number of phenols is 1. The van der Waals surface area contributed by atoms with Gasteiger partial charge in [-0.1, -0.05) is 6.08 Å². The topological polar surface area (TPSA) is 68.0 Å². The lowest BCUT2D eigenvalue weighted by atomic mass is 10.1. The molecule has 0 fully saturated rings. The van der Waals surface area contributed by atoms with Gasteiger partial charge in [0.1, 0.15) is 17.1 Å². The molecule has 1 aromatic heterocycles. The van der Waals surface area contributed by atoms with Gasteiger partial charge in [-0.25, -0.2) is 0 Å². The van der Waals surface area contributed by atoms with Crippen LogP contribution in [0.3, 0.4) is 0 Å². The maximum absolute atomic E-state index is 11.4. The summed E-state index contributed by atoms with van der Waals surface area (Å²) in [6, 6.07) is 4.68. The summed E-state index contributed by atoms with van der Waals surface area (Å²) in [7, 11) is 0. The van der Waals surface area contributed by atoms with Gasteiger partial charge in [0.05, 0.1) is 5.69 Å². The smallest absolute Gasteiger partial charge is 0.159 e. The fourth-order valence-electron chi connectivity index (χ4n) is 2.08. The van der Waals surface area contributed by atoms with Crippen molar-refractivity contribution in [3.63, 3.8) is 0 Å². The van der Waals surface area contributed by atoms with E-state index in [-0.39, 0.29) is 11.5 Å². The summed E-state index contributed by atoms with van der Waals surface area (Å²) in [5.74, 6) is -0.000563. The van der Waals surface area contributed by atoms with Crippen molar-refractivity contribution in [2.24, 2.45) is 0 Å². The van der Waals surface area contributed by atoms with Gasteiger partial charge in [0.25, 0.3) is 0 Å². The Labute approximate surface area is 110 Å². The van der Waals surface area contributed by atoms with Crippen LogP contribution in [0.2, 0.25) is 0 Å². The van der Waals surface area contributed by atoms with Crippen molar-refractivity contribution in [1.82, 2.24) is 15.0 Å². The van der Waals surface area contributed by atoms with Crippen molar-refractivity contribution < 1.29 is 9.90 Å². The molecular formula is C14H13N3O2. The number of hydrogen-bond donors (Lipinski definition) is 1. The van der Waals surface area contributed by atoms with Gasteiger partial charge >= 0.3 is 0 Å². The van der Waals surface area contributed by atoms with Crippen molar-refractivity contribution in [2.45, 2.75) is 19.8 Å². The Balaban J connectivity index is 2.11. The number of carbonyl (C=O) groups excluding carboxylic acids is 1. The van der Waals surface area contributed by atoms with Crippen molar-refractivity contribution in [3.8, 4) is 11.4 Å². The van der Waals surface area contributed by atoms with Gasteiger partial charge in [0, 0.05) is 5.56 Å². The lowest BCUT2D eigenvalue weighted by Gasteiger charge is -2.04. The highest BCUT2D eigenvalue weighted by atomic mass is 16.3. The minimum atomic E-state index is -0.0573. The lowest BCUT2D eigenvalue weighted by Crippen LogP contribution is -2.02. The van der Waals surface area contributed by atoms with Gasteiger partial charge in [-0.3, -0.25) is 4.79 Å². The molecule has 1 N–H and O–H groups in total. The monoisotopic (exact) mass is 255 g/mol. The molecule has 0 saturated carbocycles. The molecule has 0 spiro atoms. The van der Waals surface area contributed by atoms with Gasteiger partial charge in [0.2, 0.25) is 0 Å². The van der Waals surface area contributed by atoms with E-state index >= 15 is 0 Å². The molecule has 0 amide bonds. The van der Waals surface area contributed by atoms with E-state index in [9.17, 15) is 9.90 Å². The summed E-state index contributed by atoms with van der Waals surface area (Å²) in [5, 5.41) is 18.6. The number of phenolic OH excluding ortho intramolecular Hbond substituents is 1. The average Bonchev–Trinajstić information content (AvgIpc) is 2.82. The number of allylic oxidation sites excluding steroid dienone is 1. The van der Waals surface area contributed by atoms with E-state index in [1.165, 1.54) is 17.8 Å². The minimum absolute atomic E-state index is 0.0568. The number of benzene rings is 1. The zero-order valence-electron chi connectivity index (χ0n) is 10.5. The van der Waals surface area contributed by atoms with Crippen LogP contribution in [0.1, 0.15) is 35.1 Å². The maximum atomic E-state index is 11.4. The number of rotatable bonds is 2. The SMILES string of the molecule is CC(=O)c1ccc(O)c(-n2nc3c(n2)CCC=C3)c1. The van der Waals surface area contributed by atoms with E-state index in [0.29, 0.717) is 11.3 Å². The first kappa shape index (κ1) is 11.6. The highest BCUT2D eigenvalue weighted by molar-refractivity contribution is 5.94. The van der Waals surface area contributed by atoms with Crippen molar-refractivity contribution in [2.75, 3.05) is 0 Å². The molecule has 0 unspecified atom stereocenters. The highest BCUT2D eigenvalue weighted by Crippen LogP contribution is 2.24. The molecule has 1 aliphatic carbocycles. The molecular weight excluding hydrogens is 242 g/mol. The molecule has 1 heterocycles. The molecule has 19 heavy (non-hydrogen) atoms. The molecule has 0 radical (unpaired) electrons. The predicted molar refractivity (Wildman–Crippen MR) is 70.4 cm³/mol. The molecule has 1 aromatic carbocycles. The van der Waals surface area contributed by atoms with E-state index in [0.717, 1.165) is 24.2 Å². The Morgan fingerprint density at radius 2 is 2.21 bits per heavy atom. The van der Waals surface area contributed by atoms with Gasteiger partial charge in [0.15, 0.2) is 5.78 Å². The second-order valence-electron chi connectivity index (χ2n) is 4.52. The molecule has 2 aromatic rings. The standard InChI is InChI=1S/C14H13N3O2/c1-9(18)10-6-7-14(19)13(8-10)17-15-11-4-2-3-5-12(11)16-17/h2,4,6-8,19H,3,5H2,1H3. The van der Waals surface area contributed by atoms with Crippen molar-refractivity contribution in [3.05, 3.63) is 41.2 Å². The third kappa shape index (κ3) is 2.03. The summed E-state index contributed by atoms with van der Waals surface area (Å²) in [6.07, 6.45) is 5.77. The van der Waals surface area contributed by atoms with Crippen LogP contribution in [-0.4, -0.2) is 25.9 Å². The fourth-order valence-corrected chi connectivity index (χ4v) is 2.08. The number of hydrogen-bond acceptors (Lipinski definition) is 4. The molecule has 3 rings (SSSR count). The first-order chi connectivity index (χ1) is 9.15. The molecule has 96 valence electrons. The first-order valence-electron chi connectivity index (χ1n) is 6.12. The van der Waals surface area contributed by atoms with Crippen LogP contribution in [0, 0.1) is 0 Å². The molecule has 5 heteroatoms. The Kier molecular flexibility index (Phi) is 2.67. The molecule has 0 bridgehead atoms. The Morgan fingerprint density at radius 1 is 1.37 bits per heavy atom. The van der Waals surface area contributed by atoms with E-state index in [1.807, 2.05) is 12.2 Å². The molecule has 1 aliphatic rings. The second-order valence-corrected chi connectivity index (χ2v) is 4.52. The van der Waals surface area contributed by atoms with Crippen molar-refractivity contribution >= 4 is 11.9 Å². The number of fused-ring (bicyclic) bond motifs is 1. The zero-order chi connectivity index (χ0) is 13.4. The van der Waals surface area contributed by atoms with Crippen LogP contribution >= 0.6 is 0 Å². The number of aryl methyl sites for hydroxylation is 1. The number of nitrogens with zero attached hydrogens (tertiary/aromatic N) is 3. The minimum Gasteiger partial charge on any atom is -0.506 e. The summed E-state index contributed by atoms with van der Waals surface area (Å²) in [6.45, 7) is 1.49. The molecule has 0 atom stereocenters. The van der Waals surface area contributed by atoms with Crippen LogP contribution in [0.5, 0.6) is 5.75 Å². The quantitative estimate of drug-likeness (QED) is 0.835. The number of carbonyl (C=O) groups is 1. The summed E-state index contributed by atoms with van der Waals surface area (Å²) >= 11 is 0. The van der Waals surface area contributed by atoms with Crippen LogP contribution in [0.4, 0.5) is 0 Å². The number of aromatic hydroxyl groups is 1. The summed E-state index contributed by atoms with van der Waals surface area (Å²) in [5.41, 5.74) is 2.68. The molecule has 5 nitrogen and oxygen atoms in total. The van der Waals surface area contributed by atoms with Crippen LogP contribution in [0.15, 0.2) is 24.3 Å². The van der Waals surface area contributed by atoms with Crippen molar-refractivity contribution in [1.29, 1.82) is 0 Å². The van der Waals surface area contributed by atoms with Gasteiger partial charge in [-0.15, -0.1) is 9.90 Å². The summed E-state index contributed by atoms with van der Waals surface area (Å²) < 4.78 is 0. The number of Topliss-reactive ketones (excluding diaryl/α,β-unsaturated/α-hetero) is 1. The Hall–Kier alpha value is -2.43. The largest absolute Gasteiger partial charge is 0.506 e. The first-order valence-corrected chi connectivity index (χ1v) is 6.12. The molecule has 0 saturated heterocycles. The van der Waals surface area contributed by atoms with Gasteiger partial charge < -0.3 is 5.11 Å². The lowest BCUT2D eigenvalue weighted by molar-refractivity contribution is 0.101. The Bertz CT molecular complexity index is 686. The third-order valence-corrected chi connectivity index (χ3v) is 3.13. The third-order valence-electron chi connectivity index (χ3n) is 3.13. The van der Waals surface area contributed by atoms with E-state index in [2.05, 4.69) is 10.2 Å². The van der Waals surface area contributed by atoms with E-state index in [4.69, 9.17) is 0 Å². The van der Waals surface area contributed by atoms with E-state index in [1.54, 1.807) is 12.1 Å². The highest BCUT2D eigenvalue weighted by Gasteiger charge is 2.15.